The standard InChI is InChI=1S/C14H16O2/c1-4-13(15)12-7-5-6-11(10-12)8-9-14(2,3)16/h5-7,10,16H,4H2,1-3H3. The number of hydrogen-bond acceptors (Lipinski definition) is 2. The smallest absolute Gasteiger partial charge is 0.162 e. The van der Waals surface area contributed by atoms with Gasteiger partial charge in [-0.25, -0.2) is 0 Å². The van der Waals surface area contributed by atoms with Crippen molar-refractivity contribution in [3.05, 3.63) is 35.4 Å². The van der Waals surface area contributed by atoms with E-state index in [0.29, 0.717) is 12.0 Å². The molecule has 0 aliphatic heterocycles. The van der Waals surface area contributed by atoms with Crippen LogP contribution in [0.15, 0.2) is 24.3 Å². The van der Waals surface area contributed by atoms with E-state index < -0.39 is 5.60 Å². The van der Waals surface area contributed by atoms with E-state index in [1.165, 1.54) is 0 Å². The van der Waals surface area contributed by atoms with E-state index in [4.69, 9.17) is 0 Å². The van der Waals surface area contributed by atoms with Crippen LogP contribution in [0.2, 0.25) is 0 Å². The fraction of sp³-hybridized carbons (Fsp3) is 0.357. The number of carbonyl (C=O) groups is 1. The highest BCUT2D eigenvalue weighted by Crippen LogP contribution is 2.07. The molecule has 0 saturated heterocycles. The minimum Gasteiger partial charge on any atom is -0.378 e. The van der Waals surface area contributed by atoms with Gasteiger partial charge < -0.3 is 5.11 Å². The second-order valence-electron chi connectivity index (χ2n) is 4.17. The van der Waals surface area contributed by atoms with E-state index >= 15 is 0 Å². The molecule has 1 rings (SSSR count). The fourth-order valence-corrected chi connectivity index (χ4v) is 1.20. The predicted octanol–water partition coefficient (Wildman–Crippen LogP) is 2.40. The average molecular weight is 216 g/mol. The van der Waals surface area contributed by atoms with Gasteiger partial charge in [0.15, 0.2) is 5.78 Å². The Morgan fingerprint density at radius 3 is 2.69 bits per heavy atom. The van der Waals surface area contributed by atoms with Gasteiger partial charge in [0.1, 0.15) is 5.60 Å². The molecule has 0 saturated carbocycles. The fourth-order valence-electron chi connectivity index (χ4n) is 1.20. The van der Waals surface area contributed by atoms with Crippen molar-refractivity contribution in [3.63, 3.8) is 0 Å². The second-order valence-corrected chi connectivity index (χ2v) is 4.17. The minimum atomic E-state index is -1.01. The number of aliphatic hydroxyl groups is 1. The van der Waals surface area contributed by atoms with Crippen molar-refractivity contribution in [2.24, 2.45) is 0 Å². The van der Waals surface area contributed by atoms with Crippen molar-refractivity contribution >= 4 is 5.78 Å². The molecule has 1 N–H and O–H groups in total. The molecule has 0 bridgehead atoms. The molecule has 2 nitrogen and oxygen atoms in total. The molecule has 2 heteroatoms. The highest BCUT2D eigenvalue weighted by atomic mass is 16.3. The molecule has 0 aliphatic carbocycles. The van der Waals surface area contributed by atoms with Crippen LogP contribution in [0.4, 0.5) is 0 Å². The number of benzene rings is 1. The summed E-state index contributed by atoms with van der Waals surface area (Å²) in [5.41, 5.74) is 0.414. The largest absolute Gasteiger partial charge is 0.378 e. The van der Waals surface area contributed by atoms with Gasteiger partial charge in [-0.3, -0.25) is 4.79 Å². The van der Waals surface area contributed by atoms with Crippen LogP contribution in [-0.2, 0) is 0 Å². The molecular weight excluding hydrogens is 200 g/mol. The summed E-state index contributed by atoms with van der Waals surface area (Å²) in [4.78, 5) is 11.5. The van der Waals surface area contributed by atoms with Crippen molar-refractivity contribution in [2.75, 3.05) is 0 Å². The van der Waals surface area contributed by atoms with Crippen molar-refractivity contribution in [3.8, 4) is 11.8 Å². The van der Waals surface area contributed by atoms with Gasteiger partial charge in [0.25, 0.3) is 0 Å². The Balaban J connectivity index is 2.99. The lowest BCUT2D eigenvalue weighted by molar-refractivity contribution is 0.0988. The van der Waals surface area contributed by atoms with Gasteiger partial charge in [0.2, 0.25) is 0 Å². The van der Waals surface area contributed by atoms with E-state index in [0.717, 1.165) is 5.56 Å². The molecule has 0 heterocycles. The van der Waals surface area contributed by atoms with E-state index in [1.807, 2.05) is 13.0 Å². The zero-order valence-electron chi connectivity index (χ0n) is 9.87. The Hall–Kier alpha value is -1.59. The Morgan fingerprint density at radius 2 is 2.12 bits per heavy atom. The maximum absolute atomic E-state index is 11.5. The lowest BCUT2D eigenvalue weighted by Crippen LogP contribution is -2.14. The summed E-state index contributed by atoms with van der Waals surface area (Å²) in [6.45, 7) is 5.08. The van der Waals surface area contributed by atoms with Crippen LogP contribution in [-0.4, -0.2) is 16.5 Å². The quantitative estimate of drug-likeness (QED) is 0.609. The summed E-state index contributed by atoms with van der Waals surface area (Å²) in [6.07, 6.45) is 0.488. The second kappa shape index (κ2) is 4.96. The predicted molar refractivity (Wildman–Crippen MR) is 64.2 cm³/mol. The summed E-state index contributed by atoms with van der Waals surface area (Å²) >= 11 is 0. The first-order valence-electron chi connectivity index (χ1n) is 5.31. The molecule has 0 aliphatic rings. The SMILES string of the molecule is CCC(=O)c1cccc(C#CC(C)(C)O)c1. The van der Waals surface area contributed by atoms with Gasteiger partial charge in [-0.1, -0.05) is 30.9 Å². The number of rotatable bonds is 2. The molecule has 84 valence electrons. The summed E-state index contributed by atoms with van der Waals surface area (Å²) in [5, 5.41) is 9.46. The third-order valence-corrected chi connectivity index (χ3v) is 2.02. The molecule has 1 aromatic carbocycles. The van der Waals surface area contributed by atoms with E-state index in [9.17, 15) is 9.90 Å². The molecule has 0 fully saturated rings. The van der Waals surface area contributed by atoms with Crippen LogP contribution in [0.25, 0.3) is 0 Å². The molecule has 1 aromatic rings. The zero-order chi connectivity index (χ0) is 12.2. The topological polar surface area (TPSA) is 37.3 Å². The number of Topliss-reactive ketones (excluding diaryl/α,β-unsaturated/α-hetero) is 1. The first-order valence-corrected chi connectivity index (χ1v) is 5.31. The van der Waals surface area contributed by atoms with E-state index in [2.05, 4.69) is 11.8 Å². The van der Waals surface area contributed by atoms with Crippen molar-refractivity contribution < 1.29 is 9.90 Å². The molecular formula is C14H16O2. The molecule has 0 atom stereocenters. The number of carbonyl (C=O) groups excluding carboxylic acids is 1. The molecule has 0 aromatic heterocycles. The Labute approximate surface area is 96.3 Å². The summed E-state index contributed by atoms with van der Waals surface area (Å²) < 4.78 is 0. The highest BCUT2D eigenvalue weighted by molar-refractivity contribution is 5.96. The normalized spacial score (nSPS) is 10.5. The van der Waals surface area contributed by atoms with Gasteiger partial charge in [0.05, 0.1) is 0 Å². The maximum atomic E-state index is 11.5. The van der Waals surface area contributed by atoms with Crippen molar-refractivity contribution in [1.29, 1.82) is 0 Å². The molecule has 0 amide bonds. The monoisotopic (exact) mass is 216 g/mol. The average Bonchev–Trinajstić information content (AvgIpc) is 2.25. The Kier molecular flexibility index (Phi) is 3.87. The molecule has 0 unspecified atom stereocenters. The summed E-state index contributed by atoms with van der Waals surface area (Å²) in [7, 11) is 0. The first kappa shape index (κ1) is 12.5. The van der Waals surface area contributed by atoms with Gasteiger partial charge in [0, 0.05) is 17.5 Å². The minimum absolute atomic E-state index is 0.104. The number of ketones is 1. The summed E-state index contributed by atoms with van der Waals surface area (Å²) in [6, 6.07) is 7.16. The van der Waals surface area contributed by atoms with Gasteiger partial charge in [-0.15, -0.1) is 0 Å². The van der Waals surface area contributed by atoms with Gasteiger partial charge >= 0.3 is 0 Å². The van der Waals surface area contributed by atoms with Crippen LogP contribution in [0, 0.1) is 11.8 Å². The van der Waals surface area contributed by atoms with Crippen LogP contribution >= 0.6 is 0 Å². The van der Waals surface area contributed by atoms with Crippen LogP contribution < -0.4 is 0 Å². The lowest BCUT2D eigenvalue weighted by atomic mass is 10.0. The maximum Gasteiger partial charge on any atom is 0.162 e. The highest BCUT2D eigenvalue weighted by Gasteiger charge is 2.06. The van der Waals surface area contributed by atoms with Gasteiger partial charge in [-0.2, -0.15) is 0 Å². The van der Waals surface area contributed by atoms with Crippen LogP contribution in [0.3, 0.4) is 0 Å². The van der Waals surface area contributed by atoms with E-state index in [1.54, 1.807) is 32.0 Å². The third kappa shape index (κ3) is 3.88. The molecule has 16 heavy (non-hydrogen) atoms. The Bertz CT molecular complexity index is 442. The zero-order valence-corrected chi connectivity index (χ0v) is 9.87. The first-order chi connectivity index (χ1) is 7.42. The van der Waals surface area contributed by atoms with Crippen molar-refractivity contribution in [1.82, 2.24) is 0 Å². The van der Waals surface area contributed by atoms with E-state index in [-0.39, 0.29) is 5.78 Å². The Morgan fingerprint density at radius 1 is 1.44 bits per heavy atom. The van der Waals surface area contributed by atoms with Gasteiger partial charge in [-0.05, 0) is 26.0 Å². The van der Waals surface area contributed by atoms with Crippen molar-refractivity contribution in [2.45, 2.75) is 32.8 Å². The van der Waals surface area contributed by atoms with Crippen LogP contribution in [0.1, 0.15) is 43.1 Å². The number of hydrogen-bond donors (Lipinski definition) is 1. The third-order valence-electron chi connectivity index (χ3n) is 2.02. The molecule has 0 spiro atoms. The lowest BCUT2D eigenvalue weighted by Gasteiger charge is -2.06. The van der Waals surface area contributed by atoms with Crippen LogP contribution in [0.5, 0.6) is 0 Å². The molecule has 0 radical (unpaired) electrons. The summed E-state index contributed by atoms with van der Waals surface area (Å²) in [5.74, 6) is 5.67.